The first-order valence-corrected chi connectivity index (χ1v) is 6.25. The largest absolute Gasteiger partial charge is 0.473 e. The van der Waals surface area contributed by atoms with E-state index in [0.29, 0.717) is 23.3 Å². The lowest BCUT2D eigenvalue weighted by Crippen LogP contribution is -2.02. The fourth-order valence-electron chi connectivity index (χ4n) is 1.60. The van der Waals surface area contributed by atoms with E-state index in [9.17, 15) is 0 Å². The molecule has 0 aliphatic carbocycles. The van der Waals surface area contributed by atoms with Crippen molar-refractivity contribution in [2.45, 2.75) is 6.61 Å². The number of pyridine rings is 2. The molecule has 0 unspecified atom stereocenters. The summed E-state index contributed by atoms with van der Waals surface area (Å²) in [5.74, 6) is 1.15. The van der Waals surface area contributed by atoms with Gasteiger partial charge in [0.2, 0.25) is 5.88 Å². The van der Waals surface area contributed by atoms with Crippen LogP contribution in [0, 0.1) is 0 Å². The lowest BCUT2D eigenvalue weighted by molar-refractivity contribution is 0.293. The molecule has 3 heterocycles. The zero-order valence-corrected chi connectivity index (χ0v) is 11.1. The fraction of sp³-hybridized carbons (Fsp3) is 0.0769. The van der Waals surface area contributed by atoms with Gasteiger partial charge in [-0.1, -0.05) is 22.9 Å². The molecule has 0 fully saturated rings. The maximum absolute atomic E-state index is 6.21. The molecular formula is C13H10ClN5O. The predicted molar refractivity (Wildman–Crippen MR) is 72.7 cm³/mol. The van der Waals surface area contributed by atoms with Crippen LogP contribution in [0.1, 0.15) is 5.56 Å². The molecule has 7 heteroatoms. The summed E-state index contributed by atoms with van der Waals surface area (Å²) in [6, 6.07) is 7.18. The lowest BCUT2D eigenvalue weighted by Gasteiger charge is -2.07. The SMILES string of the molecule is Clc1cc(-n2ccnn2)ncc1COc1ccccn1. The van der Waals surface area contributed by atoms with Crippen LogP contribution >= 0.6 is 11.6 Å². The average Bonchev–Trinajstić information content (AvgIpc) is 3.01. The highest BCUT2D eigenvalue weighted by Crippen LogP contribution is 2.19. The Morgan fingerprint density at radius 3 is 2.85 bits per heavy atom. The van der Waals surface area contributed by atoms with E-state index < -0.39 is 0 Å². The molecule has 6 nitrogen and oxygen atoms in total. The zero-order valence-electron chi connectivity index (χ0n) is 10.3. The van der Waals surface area contributed by atoms with Crippen molar-refractivity contribution in [3.8, 4) is 11.7 Å². The molecule has 3 aromatic rings. The fourth-order valence-corrected chi connectivity index (χ4v) is 1.80. The molecule has 0 atom stereocenters. The minimum atomic E-state index is 0.306. The van der Waals surface area contributed by atoms with E-state index in [1.807, 2.05) is 12.1 Å². The van der Waals surface area contributed by atoms with Crippen LogP contribution in [-0.4, -0.2) is 25.0 Å². The van der Waals surface area contributed by atoms with Crippen molar-refractivity contribution in [2.24, 2.45) is 0 Å². The first kappa shape index (κ1) is 12.6. The molecule has 3 rings (SSSR count). The van der Waals surface area contributed by atoms with Crippen molar-refractivity contribution in [2.75, 3.05) is 0 Å². The highest BCUT2D eigenvalue weighted by molar-refractivity contribution is 6.31. The van der Waals surface area contributed by atoms with Crippen LogP contribution in [-0.2, 0) is 6.61 Å². The number of nitrogens with zero attached hydrogens (tertiary/aromatic N) is 5. The summed E-state index contributed by atoms with van der Waals surface area (Å²) >= 11 is 6.21. The predicted octanol–water partition coefficient (Wildman–Crippen LogP) is 2.29. The van der Waals surface area contributed by atoms with Crippen LogP contribution in [0.3, 0.4) is 0 Å². The van der Waals surface area contributed by atoms with Gasteiger partial charge in [-0.25, -0.2) is 14.6 Å². The summed E-state index contributed by atoms with van der Waals surface area (Å²) in [7, 11) is 0. The number of ether oxygens (including phenoxy) is 1. The van der Waals surface area contributed by atoms with E-state index in [2.05, 4.69) is 20.3 Å². The first-order chi connectivity index (χ1) is 9.83. The third kappa shape index (κ3) is 2.75. The Bertz CT molecular complexity index is 687. The van der Waals surface area contributed by atoms with Crippen molar-refractivity contribution < 1.29 is 4.74 Å². The van der Waals surface area contributed by atoms with Crippen LogP contribution in [0.4, 0.5) is 0 Å². The summed E-state index contributed by atoms with van der Waals surface area (Å²) in [5, 5.41) is 8.14. The van der Waals surface area contributed by atoms with Crippen LogP contribution in [0.5, 0.6) is 5.88 Å². The quantitative estimate of drug-likeness (QED) is 0.736. The molecule has 0 bridgehead atoms. The third-order valence-electron chi connectivity index (χ3n) is 2.59. The van der Waals surface area contributed by atoms with Gasteiger partial charge in [-0.15, -0.1) is 5.10 Å². The molecule has 0 aliphatic heterocycles. The Morgan fingerprint density at radius 1 is 1.20 bits per heavy atom. The van der Waals surface area contributed by atoms with Gasteiger partial charge in [-0.2, -0.15) is 0 Å². The molecule has 0 saturated heterocycles. The van der Waals surface area contributed by atoms with E-state index in [1.54, 1.807) is 36.9 Å². The molecule has 0 aromatic carbocycles. The van der Waals surface area contributed by atoms with Gasteiger partial charge in [0, 0.05) is 30.1 Å². The molecule has 0 N–H and O–H groups in total. The van der Waals surface area contributed by atoms with Crippen molar-refractivity contribution in [1.82, 2.24) is 25.0 Å². The Hall–Kier alpha value is -2.47. The molecule has 20 heavy (non-hydrogen) atoms. The summed E-state index contributed by atoms with van der Waals surface area (Å²) < 4.78 is 7.07. The maximum atomic E-state index is 6.21. The van der Waals surface area contributed by atoms with Crippen LogP contribution in [0.15, 0.2) is 49.1 Å². The highest BCUT2D eigenvalue weighted by Gasteiger charge is 2.06. The molecule has 0 saturated carbocycles. The molecule has 0 radical (unpaired) electrons. The van der Waals surface area contributed by atoms with Crippen molar-refractivity contribution in [3.05, 3.63) is 59.6 Å². The highest BCUT2D eigenvalue weighted by atomic mass is 35.5. The number of hydrogen-bond donors (Lipinski definition) is 0. The number of hydrogen-bond acceptors (Lipinski definition) is 5. The van der Waals surface area contributed by atoms with Crippen molar-refractivity contribution >= 4 is 11.6 Å². The van der Waals surface area contributed by atoms with Gasteiger partial charge in [-0.05, 0) is 6.07 Å². The topological polar surface area (TPSA) is 65.7 Å². The van der Waals surface area contributed by atoms with Gasteiger partial charge in [-0.3, -0.25) is 0 Å². The number of rotatable bonds is 4. The Balaban J connectivity index is 1.75. The minimum absolute atomic E-state index is 0.306. The molecule has 0 aliphatic rings. The van der Waals surface area contributed by atoms with Gasteiger partial charge in [0.05, 0.1) is 17.4 Å². The molecule has 3 aromatic heterocycles. The van der Waals surface area contributed by atoms with Gasteiger partial charge in [0.1, 0.15) is 6.61 Å². The number of aromatic nitrogens is 5. The second-order valence-electron chi connectivity index (χ2n) is 3.94. The van der Waals surface area contributed by atoms with E-state index in [1.165, 1.54) is 4.68 Å². The molecular weight excluding hydrogens is 278 g/mol. The summed E-state index contributed by atoms with van der Waals surface area (Å²) in [6.45, 7) is 0.306. The van der Waals surface area contributed by atoms with Crippen LogP contribution < -0.4 is 4.74 Å². The summed E-state index contributed by atoms with van der Waals surface area (Å²) in [5.41, 5.74) is 0.779. The first-order valence-electron chi connectivity index (χ1n) is 5.88. The van der Waals surface area contributed by atoms with Crippen LogP contribution in [0.25, 0.3) is 5.82 Å². The second-order valence-corrected chi connectivity index (χ2v) is 4.35. The normalized spacial score (nSPS) is 10.4. The Kier molecular flexibility index (Phi) is 3.56. The van der Waals surface area contributed by atoms with Crippen molar-refractivity contribution in [3.63, 3.8) is 0 Å². The summed E-state index contributed by atoms with van der Waals surface area (Å²) in [4.78, 5) is 8.34. The van der Waals surface area contributed by atoms with Gasteiger partial charge in [0.15, 0.2) is 5.82 Å². The van der Waals surface area contributed by atoms with Gasteiger partial charge < -0.3 is 4.74 Å². The van der Waals surface area contributed by atoms with Gasteiger partial charge in [0.25, 0.3) is 0 Å². The van der Waals surface area contributed by atoms with Gasteiger partial charge >= 0.3 is 0 Å². The molecule has 0 amide bonds. The third-order valence-corrected chi connectivity index (χ3v) is 2.94. The second kappa shape index (κ2) is 5.66. The van der Waals surface area contributed by atoms with Crippen LogP contribution in [0.2, 0.25) is 5.02 Å². The van der Waals surface area contributed by atoms with E-state index in [-0.39, 0.29) is 0 Å². The maximum Gasteiger partial charge on any atom is 0.213 e. The van der Waals surface area contributed by atoms with E-state index in [4.69, 9.17) is 16.3 Å². The monoisotopic (exact) mass is 287 g/mol. The molecule has 0 spiro atoms. The van der Waals surface area contributed by atoms with Crippen molar-refractivity contribution in [1.29, 1.82) is 0 Å². The van der Waals surface area contributed by atoms with E-state index >= 15 is 0 Å². The number of halogens is 1. The zero-order chi connectivity index (χ0) is 13.8. The van der Waals surface area contributed by atoms with E-state index in [0.717, 1.165) is 5.56 Å². The average molecular weight is 288 g/mol. The Morgan fingerprint density at radius 2 is 2.15 bits per heavy atom. The molecule has 100 valence electrons. The summed E-state index contributed by atoms with van der Waals surface area (Å²) in [6.07, 6.45) is 6.60. The smallest absolute Gasteiger partial charge is 0.213 e. The minimum Gasteiger partial charge on any atom is -0.473 e. The lowest BCUT2D eigenvalue weighted by atomic mass is 10.3. The standard InChI is InChI=1S/C13H10ClN5O/c14-11-7-12(19-6-5-17-18-19)16-8-10(11)9-20-13-3-1-2-4-15-13/h1-8H,9H2. The Labute approximate surface area is 120 Å².